The molecule has 1 fully saturated rings. The number of phenolic OH excluding ortho intramolecular Hbond substituents is 1. The number of benzene rings is 3. The molecule has 3 aliphatic rings. The summed E-state index contributed by atoms with van der Waals surface area (Å²) in [5, 5.41) is 41.9. The fraction of sp³-hybridized carbons (Fsp3) is 0.320. The van der Waals surface area contributed by atoms with Crippen molar-refractivity contribution in [2.75, 3.05) is 27.1 Å². The number of aliphatic hydroxyl groups is 3. The van der Waals surface area contributed by atoms with Gasteiger partial charge in [0, 0.05) is 16.5 Å². The predicted octanol–water partition coefficient (Wildman–Crippen LogP) is 1.44. The first-order valence-electron chi connectivity index (χ1n) is 11.1. The van der Waals surface area contributed by atoms with Crippen LogP contribution in [0.2, 0.25) is 0 Å². The Morgan fingerprint density at radius 2 is 1.89 bits per heavy atom. The van der Waals surface area contributed by atoms with Gasteiger partial charge in [-0.05, 0) is 35.2 Å². The van der Waals surface area contributed by atoms with Crippen LogP contribution >= 0.6 is 0 Å². The fourth-order valence-electron chi connectivity index (χ4n) is 4.76. The van der Waals surface area contributed by atoms with Crippen LogP contribution < -0.4 is 18.9 Å². The zero-order valence-electron chi connectivity index (χ0n) is 19.0. The molecular weight excluding hydrogens is 476 g/mol. The molecule has 36 heavy (non-hydrogen) atoms. The molecule has 0 aliphatic carbocycles. The second-order valence-electron chi connectivity index (χ2n) is 8.78. The van der Waals surface area contributed by atoms with E-state index in [1.54, 1.807) is 24.3 Å². The highest BCUT2D eigenvalue weighted by Gasteiger charge is 2.50. The lowest BCUT2D eigenvalue weighted by Crippen LogP contribution is -2.48. The molecular formula is C25H22O11. The van der Waals surface area contributed by atoms with Gasteiger partial charge in [-0.15, -0.1) is 0 Å². The zero-order chi connectivity index (χ0) is 25.2. The average Bonchev–Trinajstić information content (AvgIpc) is 3.58. The minimum atomic E-state index is -1.90. The number of carbonyl (C=O) groups excluding carboxylic acids is 1. The van der Waals surface area contributed by atoms with Gasteiger partial charge >= 0.3 is 5.97 Å². The molecule has 11 heteroatoms. The number of esters is 1. The van der Waals surface area contributed by atoms with E-state index in [0.29, 0.717) is 39.0 Å². The van der Waals surface area contributed by atoms with E-state index < -0.39 is 30.6 Å². The lowest BCUT2D eigenvalue weighted by molar-refractivity contribution is -0.115. The highest BCUT2D eigenvalue weighted by atomic mass is 16.7. The molecule has 3 heterocycles. The van der Waals surface area contributed by atoms with Crippen molar-refractivity contribution in [1.29, 1.82) is 0 Å². The molecule has 6 rings (SSSR count). The number of phenols is 1. The van der Waals surface area contributed by atoms with Gasteiger partial charge in [0.25, 0.3) is 0 Å². The summed E-state index contributed by atoms with van der Waals surface area (Å²) in [4.78, 5) is 13.0. The Hall–Kier alpha value is -3.77. The summed E-state index contributed by atoms with van der Waals surface area (Å²) < 4.78 is 33.1. The van der Waals surface area contributed by atoms with Gasteiger partial charge in [-0.1, -0.05) is 6.07 Å². The first-order valence-corrected chi connectivity index (χ1v) is 11.1. The quantitative estimate of drug-likeness (QED) is 0.378. The van der Waals surface area contributed by atoms with E-state index in [0.717, 1.165) is 0 Å². The highest BCUT2D eigenvalue weighted by molar-refractivity contribution is 6.14. The van der Waals surface area contributed by atoms with Crippen LogP contribution in [0.3, 0.4) is 0 Å². The van der Waals surface area contributed by atoms with Gasteiger partial charge in [-0.2, -0.15) is 0 Å². The summed E-state index contributed by atoms with van der Waals surface area (Å²) in [6.45, 7) is -1.13. The molecule has 0 saturated carbocycles. The van der Waals surface area contributed by atoms with Crippen molar-refractivity contribution in [2.45, 2.75) is 24.6 Å². The van der Waals surface area contributed by atoms with Crippen LogP contribution in [-0.4, -0.2) is 71.5 Å². The third-order valence-electron chi connectivity index (χ3n) is 6.69. The Balaban J connectivity index is 1.60. The van der Waals surface area contributed by atoms with Gasteiger partial charge in [-0.3, -0.25) is 0 Å². The summed E-state index contributed by atoms with van der Waals surface area (Å²) >= 11 is 0. The van der Waals surface area contributed by atoms with Gasteiger partial charge in [0.1, 0.15) is 24.1 Å². The van der Waals surface area contributed by atoms with Crippen molar-refractivity contribution in [2.24, 2.45) is 0 Å². The summed E-state index contributed by atoms with van der Waals surface area (Å²) in [5.41, 5.74) is -0.208. The SMILES string of the molecule is COc1cc2c(O[C@@H]3OC[C@](O)(CO)[C@H]3O)c3c(c(-c4ccc5c(c4)OCO5)c2cc1O)C(=O)OC3. The van der Waals surface area contributed by atoms with Gasteiger partial charge in [0.15, 0.2) is 23.0 Å². The number of aliphatic hydroxyl groups excluding tert-OH is 2. The molecule has 0 aromatic heterocycles. The monoisotopic (exact) mass is 498 g/mol. The van der Waals surface area contributed by atoms with Crippen LogP contribution in [-0.2, 0) is 16.1 Å². The molecule has 11 nitrogen and oxygen atoms in total. The van der Waals surface area contributed by atoms with Crippen molar-refractivity contribution in [3.8, 4) is 39.9 Å². The van der Waals surface area contributed by atoms with Gasteiger partial charge < -0.3 is 48.8 Å². The highest BCUT2D eigenvalue weighted by Crippen LogP contribution is 2.49. The number of fused-ring (bicyclic) bond motifs is 3. The van der Waals surface area contributed by atoms with E-state index in [2.05, 4.69) is 0 Å². The largest absolute Gasteiger partial charge is 0.504 e. The molecule has 188 valence electrons. The van der Waals surface area contributed by atoms with Crippen LogP contribution in [0.1, 0.15) is 15.9 Å². The third-order valence-corrected chi connectivity index (χ3v) is 6.69. The van der Waals surface area contributed by atoms with Crippen LogP contribution in [0.15, 0.2) is 30.3 Å². The van der Waals surface area contributed by atoms with Crippen molar-refractivity contribution in [1.82, 2.24) is 0 Å². The summed E-state index contributed by atoms with van der Waals surface area (Å²) in [7, 11) is 1.39. The number of methoxy groups -OCH3 is 1. The molecule has 4 N–H and O–H groups in total. The molecule has 0 unspecified atom stereocenters. The maximum absolute atomic E-state index is 13.0. The fourth-order valence-corrected chi connectivity index (χ4v) is 4.76. The summed E-state index contributed by atoms with van der Waals surface area (Å²) in [5.74, 6) is 0.601. The van der Waals surface area contributed by atoms with E-state index in [4.69, 9.17) is 28.4 Å². The third kappa shape index (κ3) is 3.24. The lowest BCUT2D eigenvalue weighted by Gasteiger charge is -2.25. The molecule has 0 radical (unpaired) electrons. The molecule has 3 aromatic carbocycles. The molecule has 0 bridgehead atoms. The lowest BCUT2D eigenvalue weighted by atomic mass is 9.89. The number of aromatic hydroxyl groups is 1. The number of ether oxygens (including phenoxy) is 6. The topological polar surface area (TPSA) is 153 Å². The molecule has 1 saturated heterocycles. The van der Waals surface area contributed by atoms with E-state index >= 15 is 0 Å². The van der Waals surface area contributed by atoms with Crippen LogP contribution in [0.5, 0.6) is 28.7 Å². The van der Waals surface area contributed by atoms with Crippen molar-refractivity contribution < 1.29 is 53.6 Å². The van der Waals surface area contributed by atoms with Crippen molar-refractivity contribution >= 4 is 16.7 Å². The Morgan fingerprint density at radius 1 is 1.08 bits per heavy atom. The molecule has 0 amide bonds. The van der Waals surface area contributed by atoms with E-state index in [1.807, 2.05) is 0 Å². The average molecular weight is 498 g/mol. The summed E-state index contributed by atoms with van der Waals surface area (Å²) in [6.07, 6.45) is -2.92. The number of hydrogen-bond acceptors (Lipinski definition) is 11. The Labute approximate surface area is 203 Å². The van der Waals surface area contributed by atoms with E-state index in [1.165, 1.54) is 13.2 Å². The first-order chi connectivity index (χ1) is 17.3. The second-order valence-corrected chi connectivity index (χ2v) is 8.78. The van der Waals surface area contributed by atoms with Crippen molar-refractivity contribution in [3.63, 3.8) is 0 Å². The second kappa shape index (κ2) is 8.14. The standard InChI is InChI=1S/C25H22O11/c1-31-17-6-13-12(5-15(17)27)19(11-2-3-16-18(4-11)35-10-34-16)20-14(7-32-23(20)29)21(13)36-24-22(28)25(30,8-26)9-33-24/h2-6,22,24,26-28,30H,7-10H2,1H3/t22-,24-,25+/m0/s1. The molecule has 3 aliphatic heterocycles. The van der Waals surface area contributed by atoms with Crippen molar-refractivity contribution in [3.05, 3.63) is 41.5 Å². The first kappa shape index (κ1) is 22.7. The molecule has 0 spiro atoms. The minimum Gasteiger partial charge on any atom is -0.504 e. The van der Waals surface area contributed by atoms with Crippen LogP contribution in [0.25, 0.3) is 21.9 Å². The van der Waals surface area contributed by atoms with E-state index in [-0.39, 0.29) is 42.8 Å². The number of rotatable bonds is 5. The molecule has 3 aromatic rings. The Kier molecular flexibility index (Phi) is 5.12. The Morgan fingerprint density at radius 3 is 2.64 bits per heavy atom. The number of cyclic esters (lactones) is 1. The minimum absolute atomic E-state index is 0.0777. The summed E-state index contributed by atoms with van der Waals surface area (Å²) in [6, 6.07) is 8.21. The number of hydrogen-bond donors (Lipinski definition) is 4. The smallest absolute Gasteiger partial charge is 0.339 e. The van der Waals surface area contributed by atoms with Gasteiger partial charge in [0.2, 0.25) is 13.1 Å². The number of carbonyl (C=O) groups is 1. The maximum Gasteiger partial charge on any atom is 0.339 e. The normalized spacial score (nSPS) is 24.2. The van der Waals surface area contributed by atoms with Gasteiger partial charge in [0.05, 0.1) is 25.9 Å². The van der Waals surface area contributed by atoms with Crippen LogP contribution in [0.4, 0.5) is 0 Å². The Bertz CT molecular complexity index is 1400. The maximum atomic E-state index is 13.0. The molecule has 3 atom stereocenters. The van der Waals surface area contributed by atoms with Crippen LogP contribution in [0, 0.1) is 0 Å². The zero-order valence-corrected chi connectivity index (χ0v) is 19.0. The predicted molar refractivity (Wildman–Crippen MR) is 121 cm³/mol. The van der Waals surface area contributed by atoms with Gasteiger partial charge in [-0.25, -0.2) is 4.79 Å². The van der Waals surface area contributed by atoms with E-state index in [9.17, 15) is 25.2 Å².